The summed E-state index contributed by atoms with van der Waals surface area (Å²) in [5.41, 5.74) is -0.286. The van der Waals surface area contributed by atoms with Crippen LogP contribution in [0.3, 0.4) is 0 Å². The molecule has 0 aromatic heterocycles. The van der Waals surface area contributed by atoms with Crippen molar-refractivity contribution in [2.24, 2.45) is 17.3 Å². The third-order valence-electron chi connectivity index (χ3n) is 4.01. The molecule has 0 saturated heterocycles. The van der Waals surface area contributed by atoms with Crippen molar-refractivity contribution >= 4 is 5.97 Å². The number of esters is 1. The third-order valence-corrected chi connectivity index (χ3v) is 4.01. The average molecular weight is 212 g/mol. The lowest BCUT2D eigenvalue weighted by molar-refractivity contribution is -0.154. The summed E-state index contributed by atoms with van der Waals surface area (Å²) in [6.07, 6.45) is 3.41. The highest BCUT2D eigenvalue weighted by molar-refractivity contribution is 5.76. The second-order valence-electron chi connectivity index (χ2n) is 5.33. The van der Waals surface area contributed by atoms with Crippen molar-refractivity contribution < 1.29 is 14.6 Å². The molecule has 0 aromatic rings. The summed E-state index contributed by atoms with van der Waals surface area (Å²) in [5.74, 6) is 1.03. The van der Waals surface area contributed by atoms with E-state index in [1.165, 1.54) is 0 Å². The van der Waals surface area contributed by atoms with Crippen LogP contribution in [0.1, 0.15) is 39.5 Å². The molecule has 2 fully saturated rings. The number of hydrogen-bond acceptors (Lipinski definition) is 3. The lowest BCUT2D eigenvalue weighted by atomic mass is 9.86. The van der Waals surface area contributed by atoms with E-state index in [9.17, 15) is 9.90 Å². The van der Waals surface area contributed by atoms with E-state index in [1.54, 1.807) is 0 Å². The molecule has 0 aromatic carbocycles. The lowest BCUT2D eigenvalue weighted by Crippen LogP contribution is -2.28. The molecular weight excluding hydrogens is 192 g/mol. The van der Waals surface area contributed by atoms with E-state index in [2.05, 4.69) is 0 Å². The van der Waals surface area contributed by atoms with Crippen molar-refractivity contribution in [2.75, 3.05) is 6.61 Å². The molecule has 0 amide bonds. The summed E-state index contributed by atoms with van der Waals surface area (Å²) < 4.78 is 5.12. The van der Waals surface area contributed by atoms with Crippen molar-refractivity contribution in [1.29, 1.82) is 0 Å². The molecule has 2 unspecified atom stereocenters. The van der Waals surface area contributed by atoms with Crippen LogP contribution in [0.25, 0.3) is 0 Å². The maximum absolute atomic E-state index is 11.8. The van der Waals surface area contributed by atoms with Crippen molar-refractivity contribution in [3.05, 3.63) is 0 Å². The molecule has 3 heteroatoms. The third kappa shape index (κ3) is 1.89. The number of aliphatic hydroxyl groups excluding tert-OH is 1. The van der Waals surface area contributed by atoms with Gasteiger partial charge in [0.1, 0.15) is 0 Å². The van der Waals surface area contributed by atoms with Crippen molar-refractivity contribution in [2.45, 2.75) is 45.6 Å². The Balaban J connectivity index is 2.00. The Hall–Kier alpha value is -0.570. The minimum atomic E-state index is -0.286. The fourth-order valence-corrected chi connectivity index (χ4v) is 3.39. The van der Waals surface area contributed by atoms with E-state index < -0.39 is 0 Å². The SMILES string of the molecule is CCOC(=O)C1(C)C[C@H]2CC(O)C[C@H]2C1. The number of aliphatic hydroxyl groups is 1. The molecule has 3 nitrogen and oxygen atoms in total. The highest BCUT2D eigenvalue weighted by atomic mass is 16.5. The van der Waals surface area contributed by atoms with Crippen LogP contribution in [-0.2, 0) is 9.53 Å². The van der Waals surface area contributed by atoms with Gasteiger partial charge in [0.25, 0.3) is 0 Å². The molecule has 2 aliphatic carbocycles. The molecule has 0 spiro atoms. The molecule has 15 heavy (non-hydrogen) atoms. The van der Waals surface area contributed by atoms with Crippen molar-refractivity contribution in [3.63, 3.8) is 0 Å². The van der Waals surface area contributed by atoms with Gasteiger partial charge in [0.05, 0.1) is 18.1 Å². The zero-order valence-electron chi connectivity index (χ0n) is 9.53. The first-order valence-electron chi connectivity index (χ1n) is 5.90. The minimum absolute atomic E-state index is 0.0473. The van der Waals surface area contributed by atoms with Crippen LogP contribution >= 0.6 is 0 Å². The second-order valence-corrected chi connectivity index (χ2v) is 5.33. The van der Waals surface area contributed by atoms with Crippen LogP contribution in [0.4, 0.5) is 0 Å². The van der Waals surface area contributed by atoms with Crippen molar-refractivity contribution in [1.82, 2.24) is 0 Å². The van der Waals surface area contributed by atoms with Crippen LogP contribution < -0.4 is 0 Å². The Kier molecular flexibility index (Phi) is 2.75. The van der Waals surface area contributed by atoms with Crippen LogP contribution in [0.5, 0.6) is 0 Å². The van der Waals surface area contributed by atoms with Gasteiger partial charge in [0, 0.05) is 0 Å². The van der Waals surface area contributed by atoms with Gasteiger partial charge in [0.2, 0.25) is 0 Å². The molecule has 2 aliphatic rings. The number of hydrogen-bond donors (Lipinski definition) is 1. The molecule has 0 radical (unpaired) electrons. The molecule has 0 aliphatic heterocycles. The Morgan fingerprint density at radius 1 is 1.40 bits per heavy atom. The fraction of sp³-hybridized carbons (Fsp3) is 0.917. The van der Waals surface area contributed by atoms with Gasteiger partial charge in [-0.2, -0.15) is 0 Å². The maximum Gasteiger partial charge on any atom is 0.311 e. The average Bonchev–Trinajstić information content (AvgIpc) is 2.59. The predicted molar refractivity (Wildman–Crippen MR) is 56.2 cm³/mol. The van der Waals surface area contributed by atoms with Gasteiger partial charge in [-0.25, -0.2) is 0 Å². The normalized spacial score (nSPS) is 44.1. The molecule has 0 heterocycles. The summed E-state index contributed by atoms with van der Waals surface area (Å²) >= 11 is 0. The van der Waals surface area contributed by atoms with Gasteiger partial charge < -0.3 is 9.84 Å². The quantitative estimate of drug-likeness (QED) is 0.709. The Bertz CT molecular complexity index is 248. The zero-order valence-corrected chi connectivity index (χ0v) is 9.53. The summed E-state index contributed by atoms with van der Waals surface area (Å²) in [5, 5.41) is 9.53. The lowest BCUT2D eigenvalue weighted by Gasteiger charge is -2.22. The first-order valence-corrected chi connectivity index (χ1v) is 5.90. The molecule has 1 N–H and O–H groups in total. The number of fused-ring (bicyclic) bond motifs is 1. The number of carbonyl (C=O) groups excluding carboxylic acids is 1. The first kappa shape index (κ1) is 10.9. The highest BCUT2D eigenvalue weighted by Gasteiger charge is 2.51. The number of rotatable bonds is 2. The zero-order chi connectivity index (χ0) is 11.1. The van der Waals surface area contributed by atoms with Crippen molar-refractivity contribution in [3.8, 4) is 0 Å². The number of carbonyl (C=O) groups is 1. The minimum Gasteiger partial charge on any atom is -0.466 e. The van der Waals surface area contributed by atoms with Gasteiger partial charge in [-0.05, 0) is 51.4 Å². The highest BCUT2D eigenvalue weighted by Crippen LogP contribution is 2.53. The van der Waals surface area contributed by atoms with E-state index in [4.69, 9.17) is 4.74 Å². The second kappa shape index (κ2) is 3.78. The smallest absolute Gasteiger partial charge is 0.311 e. The number of ether oxygens (including phenoxy) is 1. The van der Waals surface area contributed by atoms with Gasteiger partial charge in [-0.15, -0.1) is 0 Å². The summed E-state index contributed by atoms with van der Waals surface area (Å²) in [6.45, 7) is 4.32. The van der Waals surface area contributed by atoms with E-state index in [0.29, 0.717) is 18.4 Å². The Morgan fingerprint density at radius 3 is 2.40 bits per heavy atom. The van der Waals surface area contributed by atoms with Gasteiger partial charge in [-0.3, -0.25) is 4.79 Å². The molecule has 4 atom stereocenters. The van der Waals surface area contributed by atoms with Gasteiger partial charge >= 0.3 is 5.97 Å². The van der Waals surface area contributed by atoms with Crippen LogP contribution in [0.15, 0.2) is 0 Å². The van der Waals surface area contributed by atoms with Crippen LogP contribution in [0, 0.1) is 17.3 Å². The van der Waals surface area contributed by atoms with E-state index in [0.717, 1.165) is 25.7 Å². The monoisotopic (exact) mass is 212 g/mol. The topological polar surface area (TPSA) is 46.5 Å². The van der Waals surface area contributed by atoms with Crippen LogP contribution in [0.2, 0.25) is 0 Å². The Labute approximate surface area is 90.8 Å². The van der Waals surface area contributed by atoms with E-state index in [1.807, 2.05) is 13.8 Å². The predicted octanol–water partition coefficient (Wildman–Crippen LogP) is 1.74. The van der Waals surface area contributed by atoms with Crippen LogP contribution in [-0.4, -0.2) is 23.8 Å². The summed E-state index contributed by atoms with van der Waals surface area (Å²) in [7, 11) is 0. The summed E-state index contributed by atoms with van der Waals surface area (Å²) in [6, 6.07) is 0. The Morgan fingerprint density at radius 2 is 1.93 bits per heavy atom. The molecule has 2 rings (SSSR count). The standard InChI is InChI=1S/C12H20O3/c1-3-15-11(14)12(2)6-8-4-10(13)5-9(8)7-12/h8-10,13H,3-7H2,1-2H3/t8-,9+,10?,12?. The molecule has 0 bridgehead atoms. The van der Waals surface area contributed by atoms with Gasteiger partial charge in [-0.1, -0.05) is 0 Å². The molecule has 2 saturated carbocycles. The van der Waals surface area contributed by atoms with E-state index in [-0.39, 0.29) is 17.5 Å². The first-order chi connectivity index (χ1) is 7.05. The maximum atomic E-state index is 11.8. The summed E-state index contributed by atoms with van der Waals surface area (Å²) in [4.78, 5) is 11.8. The largest absolute Gasteiger partial charge is 0.466 e. The fourth-order valence-electron chi connectivity index (χ4n) is 3.39. The molecule has 86 valence electrons. The van der Waals surface area contributed by atoms with E-state index >= 15 is 0 Å². The van der Waals surface area contributed by atoms with Gasteiger partial charge in [0.15, 0.2) is 0 Å². The molecular formula is C12H20O3.